The van der Waals surface area contributed by atoms with E-state index in [1.165, 1.54) is 11.1 Å². The second kappa shape index (κ2) is 5.61. The largest absolute Gasteiger partial charge is 0.493 e. The molecule has 2 N–H and O–H groups in total. The highest BCUT2D eigenvalue weighted by molar-refractivity contribution is 5.73. The van der Waals surface area contributed by atoms with Gasteiger partial charge in [-0.15, -0.1) is 0 Å². The van der Waals surface area contributed by atoms with Crippen LogP contribution >= 0.6 is 0 Å². The molecule has 0 saturated heterocycles. The highest BCUT2D eigenvalue weighted by Gasteiger charge is 2.26. The van der Waals surface area contributed by atoms with Gasteiger partial charge in [-0.2, -0.15) is 0 Å². The Morgan fingerprint density at radius 2 is 2.26 bits per heavy atom. The Hall–Kier alpha value is -1.55. The second-order valence-corrected chi connectivity index (χ2v) is 5.66. The Balaban J connectivity index is 1.79. The lowest BCUT2D eigenvalue weighted by molar-refractivity contribution is -0.146. The molecular formula is C15H21NO3. The molecule has 0 unspecified atom stereocenters. The van der Waals surface area contributed by atoms with E-state index in [0.717, 1.165) is 31.7 Å². The maximum atomic E-state index is 11.0. The SMILES string of the molecule is CC(C)(CNCCc1ccc2c(c1)CCO2)C(=O)O. The van der Waals surface area contributed by atoms with E-state index in [1.807, 2.05) is 6.07 Å². The Morgan fingerprint density at radius 3 is 3.00 bits per heavy atom. The molecule has 0 spiro atoms. The highest BCUT2D eigenvalue weighted by atomic mass is 16.5. The second-order valence-electron chi connectivity index (χ2n) is 5.66. The maximum Gasteiger partial charge on any atom is 0.310 e. The average Bonchev–Trinajstić information content (AvgIpc) is 2.81. The van der Waals surface area contributed by atoms with Crippen molar-refractivity contribution >= 4 is 5.97 Å². The van der Waals surface area contributed by atoms with Crippen LogP contribution in [0.1, 0.15) is 25.0 Å². The summed E-state index contributed by atoms with van der Waals surface area (Å²) in [6, 6.07) is 6.29. The van der Waals surface area contributed by atoms with Gasteiger partial charge in [0.1, 0.15) is 5.75 Å². The van der Waals surface area contributed by atoms with Crippen LogP contribution in [0.2, 0.25) is 0 Å². The molecule has 0 saturated carbocycles. The number of rotatable bonds is 6. The van der Waals surface area contributed by atoms with Crippen LogP contribution in [0.5, 0.6) is 5.75 Å². The van der Waals surface area contributed by atoms with E-state index in [0.29, 0.717) is 6.54 Å². The van der Waals surface area contributed by atoms with E-state index >= 15 is 0 Å². The fourth-order valence-electron chi connectivity index (χ4n) is 2.10. The van der Waals surface area contributed by atoms with Crippen LogP contribution in [0.4, 0.5) is 0 Å². The third kappa shape index (κ3) is 3.47. The van der Waals surface area contributed by atoms with Crippen LogP contribution < -0.4 is 10.1 Å². The Bertz CT molecular complexity index is 468. The fourth-order valence-corrected chi connectivity index (χ4v) is 2.10. The van der Waals surface area contributed by atoms with Gasteiger partial charge in [-0.05, 0) is 44.0 Å². The number of aliphatic carboxylic acids is 1. The molecule has 1 aromatic rings. The molecule has 1 heterocycles. The fraction of sp³-hybridized carbons (Fsp3) is 0.533. The summed E-state index contributed by atoms with van der Waals surface area (Å²) in [5, 5.41) is 12.2. The summed E-state index contributed by atoms with van der Waals surface area (Å²) >= 11 is 0. The molecule has 4 nitrogen and oxygen atoms in total. The van der Waals surface area contributed by atoms with Crippen molar-refractivity contribution in [3.63, 3.8) is 0 Å². The molecule has 1 aromatic carbocycles. The highest BCUT2D eigenvalue weighted by Crippen LogP contribution is 2.25. The molecule has 0 amide bonds. The number of benzene rings is 1. The zero-order valence-corrected chi connectivity index (χ0v) is 11.5. The molecule has 0 atom stereocenters. The number of hydrogen-bond acceptors (Lipinski definition) is 3. The molecule has 1 aliphatic heterocycles. The predicted octanol–water partition coefficient (Wildman–Crippen LogP) is 1.86. The van der Waals surface area contributed by atoms with E-state index in [-0.39, 0.29) is 0 Å². The van der Waals surface area contributed by atoms with Gasteiger partial charge in [0.25, 0.3) is 0 Å². The monoisotopic (exact) mass is 263 g/mol. The molecule has 0 fully saturated rings. The van der Waals surface area contributed by atoms with E-state index < -0.39 is 11.4 Å². The Labute approximate surface area is 113 Å². The van der Waals surface area contributed by atoms with E-state index in [4.69, 9.17) is 9.84 Å². The van der Waals surface area contributed by atoms with Crippen molar-refractivity contribution in [3.05, 3.63) is 29.3 Å². The zero-order valence-electron chi connectivity index (χ0n) is 11.5. The summed E-state index contributed by atoms with van der Waals surface area (Å²) in [6.07, 6.45) is 1.89. The van der Waals surface area contributed by atoms with Gasteiger partial charge in [0.05, 0.1) is 12.0 Å². The summed E-state index contributed by atoms with van der Waals surface area (Å²) in [7, 11) is 0. The lowest BCUT2D eigenvalue weighted by Gasteiger charge is -2.19. The van der Waals surface area contributed by atoms with Gasteiger partial charge >= 0.3 is 5.97 Å². The molecule has 0 aromatic heterocycles. The zero-order chi connectivity index (χ0) is 13.9. The van der Waals surface area contributed by atoms with Gasteiger partial charge < -0.3 is 15.2 Å². The van der Waals surface area contributed by atoms with Gasteiger partial charge in [0, 0.05) is 13.0 Å². The third-order valence-corrected chi connectivity index (χ3v) is 3.49. The molecule has 0 aliphatic carbocycles. The number of fused-ring (bicyclic) bond motifs is 1. The number of nitrogens with one attached hydrogen (secondary N) is 1. The summed E-state index contributed by atoms with van der Waals surface area (Å²) < 4.78 is 5.47. The van der Waals surface area contributed by atoms with Crippen molar-refractivity contribution in [1.29, 1.82) is 0 Å². The maximum absolute atomic E-state index is 11.0. The molecule has 2 rings (SSSR count). The summed E-state index contributed by atoms with van der Waals surface area (Å²) in [4.78, 5) is 11.0. The Morgan fingerprint density at radius 1 is 1.47 bits per heavy atom. The van der Waals surface area contributed by atoms with Gasteiger partial charge in [-0.1, -0.05) is 12.1 Å². The first-order valence-electron chi connectivity index (χ1n) is 6.68. The van der Waals surface area contributed by atoms with Crippen molar-refractivity contribution in [1.82, 2.24) is 5.32 Å². The molecular weight excluding hydrogens is 242 g/mol. The van der Waals surface area contributed by atoms with Gasteiger partial charge in [0.15, 0.2) is 0 Å². The molecule has 0 bridgehead atoms. The van der Waals surface area contributed by atoms with Crippen molar-refractivity contribution in [2.75, 3.05) is 19.7 Å². The van der Waals surface area contributed by atoms with Gasteiger partial charge in [0.2, 0.25) is 0 Å². The topological polar surface area (TPSA) is 58.6 Å². The Kier molecular flexibility index (Phi) is 4.10. The van der Waals surface area contributed by atoms with Crippen LogP contribution in [-0.4, -0.2) is 30.8 Å². The first-order valence-corrected chi connectivity index (χ1v) is 6.68. The standard InChI is InChI=1S/C15H21NO3/c1-15(2,14(17)18)10-16-7-5-11-3-4-13-12(9-11)6-8-19-13/h3-4,9,16H,5-8,10H2,1-2H3,(H,17,18). The van der Waals surface area contributed by atoms with E-state index in [9.17, 15) is 4.79 Å². The van der Waals surface area contributed by atoms with Crippen LogP contribution in [0, 0.1) is 5.41 Å². The third-order valence-electron chi connectivity index (χ3n) is 3.49. The number of carboxylic acid groups (broad SMARTS) is 1. The van der Waals surface area contributed by atoms with E-state index in [2.05, 4.69) is 17.4 Å². The van der Waals surface area contributed by atoms with Crippen LogP contribution in [-0.2, 0) is 17.6 Å². The lowest BCUT2D eigenvalue weighted by Crippen LogP contribution is -2.36. The first-order chi connectivity index (χ1) is 8.99. The van der Waals surface area contributed by atoms with Gasteiger partial charge in [-0.3, -0.25) is 4.79 Å². The minimum atomic E-state index is -0.769. The van der Waals surface area contributed by atoms with Crippen molar-refractivity contribution in [2.45, 2.75) is 26.7 Å². The van der Waals surface area contributed by atoms with Crippen LogP contribution in [0.3, 0.4) is 0 Å². The van der Waals surface area contributed by atoms with E-state index in [1.54, 1.807) is 13.8 Å². The number of carboxylic acids is 1. The smallest absolute Gasteiger partial charge is 0.310 e. The van der Waals surface area contributed by atoms with Gasteiger partial charge in [-0.25, -0.2) is 0 Å². The summed E-state index contributed by atoms with van der Waals surface area (Å²) in [6.45, 7) is 5.51. The summed E-state index contributed by atoms with van der Waals surface area (Å²) in [5.74, 6) is 0.235. The van der Waals surface area contributed by atoms with Crippen molar-refractivity contribution in [3.8, 4) is 5.75 Å². The molecule has 0 radical (unpaired) electrons. The average molecular weight is 263 g/mol. The molecule has 19 heavy (non-hydrogen) atoms. The number of carbonyl (C=O) groups is 1. The predicted molar refractivity (Wildman–Crippen MR) is 73.6 cm³/mol. The molecule has 4 heteroatoms. The van der Waals surface area contributed by atoms with Crippen LogP contribution in [0.25, 0.3) is 0 Å². The summed E-state index contributed by atoms with van der Waals surface area (Å²) in [5.41, 5.74) is 1.83. The molecule has 1 aliphatic rings. The van der Waals surface area contributed by atoms with Crippen molar-refractivity contribution < 1.29 is 14.6 Å². The lowest BCUT2D eigenvalue weighted by atomic mass is 9.94. The van der Waals surface area contributed by atoms with Crippen LogP contribution in [0.15, 0.2) is 18.2 Å². The number of ether oxygens (including phenoxy) is 1. The minimum Gasteiger partial charge on any atom is -0.493 e. The minimum absolute atomic E-state index is 0.483. The first kappa shape index (κ1) is 13.9. The quantitative estimate of drug-likeness (QED) is 0.769. The number of hydrogen-bond donors (Lipinski definition) is 2. The van der Waals surface area contributed by atoms with Crippen molar-refractivity contribution in [2.24, 2.45) is 5.41 Å². The normalized spacial score (nSPS) is 14.0. The molecule has 104 valence electrons.